The third kappa shape index (κ3) is 2.80. The molecule has 0 amide bonds. The summed E-state index contributed by atoms with van der Waals surface area (Å²) < 4.78 is 1.58. The highest BCUT2D eigenvalue weighted by Gasteiger charge is 2.34. The van der Waals surface area contributed by atoms with Crippen LogP contribution in [0.15, 0.2) is 18.5 Å². The molecule has 0 aromatic carbocycles. The molecule has 0 radical (unpaired) electrons. The van der Waals surface area contributed by atoms with Gasteiger partial charge in [0.05, 0.1) is 12.1 Å². The van der Waals surface area contributed by atoms with Gasteiger partial charge in [0.1, 0.15) is 0 Å². The predicted molar refractivity (Wildman–Crippen MR) is 78.4 cm³/mol. The molecule has 0 atom stereocenters. The summed E-state index contributed by atoms with van der Waals surface area (Å²) in [5.41, 5.74) is -0.326. The molecule has 0 saturated heterocycles. The second-order valence-corrected chi connectivity index (χ2v) is 5.25. The zero-order valence-corrected chi connectivity index (χ0v) is 12.0. The molecule has 3 rings (SSSR count). The van der Waals surface area contributed by atoms with Crippen molar-refractivity contribution in [1.29, 1.82) is 0 Å². The summed E-state index contributed by atoms with van der Waals surface area (Å²) in [5.74, 6) is 1.35. The summed E-state index contributed by atoms with van der Waals surface area (Å²) >= 11 is 0. The van der Waals surface area contributed by atoms with E-state index in [1.54, 1.807) is 24.1 Å². The molecule has 0 unspecified atom stereocenters. The minimum atomic E-state index is -0.326. The first-order valence-electron chi connectivity index (χ1n) is 7.08. The number of nitrogens with one attached hydrogen (secondary N) is 2. The minimum Gasteiger partial charge on any atom is -0.394 e. The molecule has 1 aliphatic carbocycles. The van der Waals surface area contributed by atoms with Crippen molar-refractivity contribution in [3.05, 3.63) is 18.5 Å². The van der Waals surface area contributed by atoms with Crippen molar-refractivity contribution in [2.24, 2.45) is 0 Å². The van der Waals surface area contributed by atoms with Gasteiger partial charge in [0.15, 0.2) is 0 Å². The molecule has 1 aliphatic rings. The van der Waals surface area contributed by atoms with Crippen LogP contribution in [0.1, 0.15) is 25.7 Å². The van der Waals surface area contributed by atoms with Gasteiger partial charge in [0.25, 0.3) is 5.95 Å². The van der Waals surface area contributed by atoms with Crippen molar-refractivity contribution in [2.75, 3.05) is 24.3 Å². The van der Waals surface area contributed by atoms with Crippen LogP contribution >= 0.6 is 0 Å². The second-order valence-electron chi connectivity index (χ2n) is 5.25. The predicted octanol–water partition coefficient (Wildman–Crippen LogP) is 0.816. The first kappa shape index (κ1) is 13.7. The van der Waals surface area contributed by atoms with E-state index in [9.17, 15) is 5.11 Å². The summed E-state index contributed by atoms with van der Waals surface area (Å²) in [5, 5.41) is 20.0. The lowest BCUT2D eigenvalue weighted by atomic mass is 9.99. The number of aliphatic hydroxyl groups is 1. The van der Waals surface area contributed by atoms with E-state index in [2.05, 4.69) is 30.7 Å². The fraction of sp³-hybridized carbons (Fsp3) is 0.538. The van der Waals surface area contributed by atoms with Crippen molar-refractivity contribution >= 4 is 11.9 Å². The normalized spacial score (nSPS) is 16.9. The van der Waals surface area contributed by atoms with E-state index in [0.29, 0.717) is 17.8 Å². The Labute approximate surface area is 122 Å². The zero-order valence-electron chi connectivity index (χ0n) is 12.0. The van der Waals surface area contributed by atoms with Gasteiger partial charge in [-0.25, -0.2) is 4.68 Å². The van der Waals surface area contributed by atoms with E-state index in [0.717, 1.165) is 25.7 Å². The van der Waals surface area contributed by atoms with Crippen LogP contribution in [0.4, 0.5) is 11.9 Å². The SMILES string of the molecule is CNc1nc(NC2(CO)CCCC2)nc(-n2cccn2)n1. The molecule has 112 valence electrons. The molecule has 1 saturated carbocycles. The standard InChI is InChI=1S/C13H19N7O/c1-14-10-16-11(19-13(9-21)5-2-3-6-13)18-12(17-10)20-8-4-7-15-20/h4,7-8,21H,2-3,5-6,9H2,1H3,(H2,14,16,17,18,19). The highest BCUT2D eigenvalue weighted by Crippen LogP contribution is 2.32. The Hall–Kier alpha value is -2.22. The fourth-order valence-corrected chi connectivity index (χ4v) is 2.63. The van der Waals surface area contributed by atoms with Crippen LogP contribution in [0.2, 0.25) is 0 Å². The van der Waals surface area contributed by atoms with Gasteiger partial charge in [-0.05, 0) is 18.9 Å². The molecule has 1 fully saturated rings. The number of rotatable bonds is 5. The Morgan fingerprint density at radius 2 is 2.00 bits per heavy atom. The molecule has 2 heterocycles. The minimum absolute atomic E-state index is 0.0741. The van der Waals surface area contributed by atoms with Gasteiger partial charge in [0, 0.05) is 19.4 Å². The fourth-order valence-electron chi connectivity index (χ4n) is 2.63. The number of anilines is 2. The lowest BCUT2D eigenvalue weighted by Crippen LogP contribution is -2.39. The maximum atomic E-state index is 9.69. The number of aliphatic hydroxyl groups excluding tert-OH is 1. The first-order chi connectivity index (χ1) is 10.2. The third-order valence-electron chi connectivity index (χ3n) is 3.80. The van der Waals surface area contributed by atoms with Gasteiger partial charge in [-0.1, -0.05) is 12.8 Å². The molecule has 0 bridgehead atoms. The molecular weight excluding hydrogens is 270 g/mol. The van der Waals surface area contributed by atoms with E-state index in [-0.39, 0.29) is 12.1 Å². The van der Waals surface area contributed by atoms with Crippen LogP contribution in [-0.4, -0.2) is 49.0 Å². The average Bonchev–Trinajstić information content (AvgIpc) is 3.19. The quantitative estimate of drug-likeness (QED) is 0.749. The summed E-state index contributed by atoms with van der Waals surface area (Å²) in [7, 11) is 1.75. The molecule has 8 heteroatoms. The lowest BCUT2D eigenvalue weighted by molar-refractivity contribution is 0.213. The second kappa shape index (κ2) is 5.65. The van der Waals surface area contributed by atoms with E-state index < -0.39 is 0 Å². The van der Waals surface area contributed by atoms with E-state index in [1.807, 2.05) is 6.07 Å². The topological polar surface area (TPSA) is 101 Å². The molecule has 0 spiro atoms. The van der Waals surface area contributed by atoms with E-state index in [4.69, 9.17) is 0 Å². The van der Waals surface area contributed by atoms with Crippen LogP contribution < -0.4 is 10.6 Å². The highest BCUT2D eigenvalue weighted by molar-refractivity contribution is 5.39. The lowest BCUT2D eigenvalue weighted by Gasteiger charge is -2.28. The Morgan fingerprint density at radius 1 is 1.24 bits per heavy atom. The maximum absolute atomic E-state index is 9.69. The summed E-state index contributed by atoms with van der Waals surface area (Å²) in [4.78, 5) is 13.0. The maximum Gasteiger partial charge on any atom is 0.257 e. The smallest absolute Gasteiger partial charge is 0.257 e. The van der Waals surface area contributed by atoms with Crippen molar-refractivity contribution < 1.29 is 5.11 Å². The monoisotopic (exact) mass is 289 g/mol. The molecular formula is C13H19N7O. The molecule has 3 N–H and O–H groups in total. The Morgan fingerprint density at radius 3 is 2.62 bits per heavy atom. The average molecular weight is 289 g/mol. The van der Waals surface area contributed by atoms with E-state index >= 15 is 0 Å². The zero-order chi connectivity index (χ0) is 14.7. The van der Waals surface area contributed by atoms with Gasteiger partial charge >= 0.3 is 0 Å². The Balaban J connectivity index is 1.92. The number of aromatic nitrogens is 5. The van der Waals surface area contributed by atoms with Crippen molar-refractivity contribution in [2.45, 2.75) is 31.2 Å². The Kier molecular flexibility index (Phi) is 3.70. The molecule has 8 nitrogen and oxygen atoms in total. The third-order valence-corrected chi connectivity index (χ3v) is 3.80. The highest BCUT2D eigenvalue weighted by atomic mass is 16.3. The largest absolute Gasteiger partial charge is 0.394 e. The van der Waals surface area contributed by atoms with Gasteiger partial charge in [-0.3, -0.25) is 0 Å². The first-order valence-corrected chi connectivity index (χ1v) is 7.08. The molecule has 21 heavy (non-hydrogen) atoms. The molecule has 2 aromatic rings. The molecule has 2 aromatic heterocycles. The van der Waals surface area contributed by atoms with Crippen molar-refractivity contribution in [1.82, 2.24) is 24.7 Å². The number of nitrogens with zero attached hydrogens (tertiary/aromatic N) is 5. The van der Waals surface area contributed by atoms with Crippen LogP contribution in [0.25, 0.3) is 5.95 Å². The summed E-state index contributed by atoms with van der Waals surface area (Å²) in [6.07, 6.45) is 7.48. The van der Waals surface area contributed by atoms with Gasteiger partial charge < -0.3 is 15.7 Å². The van der Waals surface area contributed by atoms with Crippen LogP contribution in [-0.2, 0) is 0 Å². The van der Waals surface area contributed by atoms with Gasteiger partial charge in [0.2, 0.25) is 11.9 Å². The summed E-state index contributed by atoms with van der Waals surface area (Å²) in [6.45, 7) is 0.0741. The number of hydrogen-bond acceptors (Lipinski definition) is 7. The van der Waals surface area contributed by atoms with Crippen LogP contribution in [0.5, 0.6) is 0 Å². The Bertz CT molecular complexity index is 593. The van der Waals surface area contributed by atoms with Gasteiger partial charge in [-0.15, -0.1) is 0 Å². The molecule has 0 aliphatic heterocycles. The van der Waals surface area contributed by atoms with Crippen LogP contribution in [0, 0.1) is 0 Å². The van der Waals surface area contributed by atoms with Crippen molar-refractivity contribution in [3.8, 4) is 5.95 Å². The summed E-state index contributed by atoms with van der Waals surface area (Å²) in [6, 6.07) is 1.81. The van der Waals surface area contributed by atoms with E-state index in [1.165, 1.54) is 0 Å². The van der Waals surface area contributed by atoms with Gasteiger partial charge in [-0.2, -0.15) is 20.1 Å². The van der Waals surface area contributed by atoms with Crippen molar-refractivity contribution in [3.63, 3.8) is 0 Å². The van der Waals surface area contributed by atoms with Crippen LogP contribution in [0.3, 0.4) is 0 Å². The number of hydrogen-bond donors (Lipinski definition) is 3.